The summed E-state index contributed by atoms with van der Waals surface area (Å²) in [7, 11) is 0. The Labute approximate surface area is 139 Å². The number of rotatable bonds is 6. The topological polar surface area (TPSA) is 32.3 Å². The molecule has 2 rings (SSSR count). The van der Waals surface area contributed by atoms with E-state index in [4.69, 9.17) is 0 Å². The number of benzene rings is 1. The van der Waals surface area contributed by atoms with Crippen molar-refractivity contribution in [2.24, 2.45) is 0 Å². The number of aryl methyl sites for hydroxylation is 1. The molecule has 1 amide bonds. The van der Waals surface area contributed by atoms with E-state index in [0.29, 0.717) is 19.3 Å². The van der Waals surface area contributed by atoms with E-state index in [1.165, 1.54) is 12.1 Å². The van der Waals surface area contributed by atoms with Crippen molar-refractivity contribution in [3.8, 4) is 0 Å². The molecule has 0 saturated carbocycles. The molecular weight excluding hydrogens is 324 g/mol. The molecular formula is C17H22F4N2O. The summed E-state index contributed by atoms with van der Waals surface area (Å²) in [6.07, 6.45) is -2.92. The fourth-order valence-corrected chi connectivity index (χ4v) is 3.06. The molecule has 0 bridgehead atoms. The number of carbonyl (C=O) groups is 1. The van der Waals surface area contributed by atoms with Crippen LogP contribution in [0.15, 0.2) is 24.3 Å². The summed E-state index contributed by atoms with van der Waals surface area (Å²) in [5.74, 6) is -0.719. The number of alkyl halides is 3. The summed E-state index contributed by atoms with van der Waals surface area (Å²) in [4.78, 5) is 11.5. The van der Waals surface area contributed by atoms with Crippen molar-refractivity contribution >= 4 is 5.91 Å². The molecule has 1 atom stereocenters. The first kappa shape index (κ1) is 18.7. The highest BCUT2D eigenvalue weighted by Crippen LogP contribution is 2.35. The maximum atomic E-state index is 13.4. The summed E-state index contributed by atoms with van der Waals surface area (Å²) >= 11 is 0. The van der Waals surface area contributed by atoms with Crippen LogP contribution in [0.25, 0.3) is 0 Å². The van der Waals surface area contributed by atoms with Crippen LogP contribution >= 0.6 is 0 Å². The predicted molar refractivity (Wildman–Crippen MR) is 82.5 cm³/mol. The van der Waals surface area contributed by atoms with Gasteiger partial charge in [-0.1, -0.05) is 18.6 Å². The normalized spacial score (nSPS) is 19.3. The Morgan fingerprint density at radius 2 is 1.83 bits per heavy atom. The van der Waals surface area contributed by atoms with Gasteiger partial charge in [0.05, 0.1) is 0 Å². The molecule has 0 spiro atoms. The molecule has 1 unspecified atom stereocenters. The monoisotopic (exact) mass is 346 g/mol. The minimum Gasteiger partial charge on any atom is -0.288 e. The zero-order valence-corrected chi connectivity index (χ0v) is 13.8. The van der Waals surface area contributed by atoms with Crippen LogP contribution < -0.4 is 5.43 Å². The van der Waals surface area contributed by atoms with Gasteiger partial charge in [-0.25, -0.2) is 9.40 Å². The van der Waals surface area contributed by atoms with Crippen LogP contribution in [-0.2, 0) is 11.2 Å². The molecule has 1 saturated heterocycles. The minimum atomic E-state index is -4.41. The second-order valence-corrected chi connectivity index (χ2v) is 6.82. The van der Waals surface area contributed by atoms with Gasteiger partial charge in [-0.05, 0) is 50.8 Å². The van der Waals surface area contributed by atoms with Gasteiger partial charge in [-0.3, -0.25) is 10.2 Å². The second-order valence-electron chi connectivity index (χ2n) is 6.82. The molecule has 1 heterocycles. The molecule has 1 fully saturated rings. The first-order valence-corrected chi connectivity index (χ1v) is 7.99. The summed E-state index contributed by atoms with van der Waals surface area (Å²) in [5.41, 5.74) is 2.38. The maximum Gasteiger partial charge on any atom is 0.405 e. The minimum absolute atomic E-state index is 0.0508. The summed E-state index contributed by atoms with van der Waals surface area (Å²) in [6, 6.07) is 4.26. The van der Waals surface area contributed by atoms with Crippen molar-refractivity contribution in [1.82, 2.24) is 10.4 Å². The van der Waals surface area contributed by atoms with E-state index in [1.807, 2.05) is 0 Å². The molecule has 0 aliphatic carbocycles. The van der Waals surface area contributed by atoms with Crippen molar-refractivity contribution < 1.29 is 22.4 Å². The Morgan fingerprint density at radius 3 is 2.33 bits per heavy atom. The number of hydrazine groups is 1. The van der Waals surface area contributed by atoms with Gasteiger partial charge in [0.25, 0.3) is 0 Å². The van der Waals surface area contributed by atoms with Crippen molar-refractivity contribution in [2.45, 2.75) is 63.7 Å². The highest BCUT2D eigenvalue weighted by atomic mass is 19.4. The SMILES string of the molecule is CC1(C)CC(=O)NN1C(CCCCc1ccc(F)cc1)C(F)(F)F. The third-order valence-corrected chi connectivity index (χ3v) is 4.29. The Balaban J connectivity index is 1.93. The fourth-order valence-electron chi connectivity index (χ4n) is 3.06. The van der Waals surface area contributed by atoms with Gasteiger partial charge in [0.15, 0.2) is 0 Å². The van der Waals surface area contributed by atoms with Gasteiger partial charge in [0.1, 0.15) is 11.9 Å². The fraction of sp³-hybridized carbons (Fsp3) is 0.588. The van der Waals surface area contributed by atoms with E-state index in [1.54, 1.807) is 26.0 Å². The molecule has 24 heavy (non-hydrogen) atoms. The number of carbonyl (C=O) groups excluding carboxylic acids is 1. The van der Waals surface area contributed by atoms with Gasteiger partial charge < -0.3 is 0 Å². The van der Waals surface area contributed by atoms with Crippen molar-refractivity contribution in [3.05, 3.63) is 35.6 Å². The van der Waals surface area contributed by atoms with Crippen LogP contribution in [0.1, 0.15) is 45.1 Å². The standard InChI is InChI=1S/C17H22F4N2O/c1-16(2)11-15(24)22-23(16)14(17(19,20)21)6-4-3-5-12-7-9-13(18)10-8-12/h7-10,14H,3-6,11H2,1-2H3,(H,22,24). The molecule has 1 N–H and O–H groups in total. The lowest BCUT2D eigenvalue weighted by Gasteiger charge is -2.37. The molecule has 1 aliphatic heterocycles. The van der Waals surface area contributed by atoms with Gasteiger partial charge in [-0.2, -0.15) is 13.2 Å². The van der Waals surface area contributed by atoms with E-state index in [2.05, 4.69) is 5.43 Å². The number of amides is 1. The Kier molecular flexibility index (Phi) is 5.52. The first-order valence-electron chi connectivity index (χ1n) is 7.99. The summed E-state index contributed by atoms with van der Waals surface area (Å²) in [6.45, 7) is 3.25. The Hall–Kier alpha value is -1.63. The third-order valence-electron chi connectivity index (χ3n) is 4.29. The highest BCUT2D eigenvalue weighted by Gasteiger charge is 2.51. The van der Waals surface area contributed by atoms with Crippen LogP contribution in [0, 0.1) is 5.82 Å². The number of hydrogen-bond acceptors (Lipinski definition) is 2. The van der Waals surface area contributed by atoms with E-state index >= 15 is 0 Å². The van der Waals surface area contributed by atoms with Gasteiger partial charge >= 0.3 is 6.18 Å². The van der Waals surface area contributed by atoms with Crippen LogP contribution in [-0.4, -0.2) is 28.7 Å². The summed E-state index contributed by atoms with van der Waals surface area (Å²) < 4.78 is 53.0. The van der Waals surface area contributed by atoms with Gasteiger partial charge in [-0.15, -0.1) is 0 Å². The van der Waals surface area contributed by atoms with E-state index in [9.17, 15) is 22.4 Å². The highest BCUT2D eigenvalue weighted by molar-refractivity contribution is 5.78. The van der Waals surface area contributed by atoms with E-state index in [-0.39, 0.29) is 24.6 Å². The smallest absolute Gasteiger partial charge is 0.288 e. The van der Waals surface area contributed by atoms with Gasteiger partial charge in [0, 0.05) is 12.0 Å². The quantitative estimate of drug-likeness (QED) is 0.624. The number of unbranched alkanes of at least 4 members (excludes halogenated alkanes) is 1. The van der Waals surface area contributed by atoms with Crippen LogP contribution in [0.2, 0.25) is 0 Å². The zero-order chi connectivity index (χ0) is 18.0. The number of nitrogens with one attached hydrogen (secondary N) is 1. The lowest BCUT2D eigenvalue weighted by molar-refractivity contribution is -0.202. The largest absolute Gasteiger partial charge is 0.405 e. The molecule has 1 aromatic carbocycles. The average Bonchev–Trinajstić information content (AvgIpc) is 2.72. The van der Waals surface area contributed by atoms with Crippen molar-refractivity contribution in [3.63, 3.8) is 0 Å². The van der Waals surface area contributed by atoms with E-state index in [0.717, 1.165) is 10.6 Å². The number of hydrogen-bond donors (Lipinski definition) is 1. The van der Waals surface area contributed by atoms with Gasteiger partial charge in [0.2, 0.25) is 5.91 Å². The van der Waals surface area contributed by atoms with Crippen LogP contribution in [0.3, 0.4) is 0 Å². The lowest BCUT2D eigenvalue weighted by atomic mass is 9.97. The molecule has 1 aromatic rings. The predicted octanol–water partition coefficient (Wildman–Crippen LogP) is 3.98. The number of nitrogens with zero attached hydrogens (tertiary/aromatic N) is 1. The first-order chi connectivity index (χ1) is 11.1. The lowest BCUT2D eigenvalue weighted by Crippen LogP contribution is -2.56. The van der Waals surface area contributed by atoms with Crippen LogP contribution in [0.5, 0.6) is 0 Å². The average molecular weight is 346 g/mol. The van der Waals surface area contributed by atoms with Crippen molar-refractivity contribution in [2.75, 3.05) is 0 Å². The molecule has 0 aromatic heterocycles. The Bertz CT molecular complexity index is 569. The molecule has 1 aliphatic rings. The zero-order valence-electron chi connectivity index (χ0n) is 13.8. The Morgan fingerprint density at radius 1 is 1.21 bits per heavy atom. The van der Waals surface area contributed by atoms with E-state index < -0.39 is 17.8 Å². The molecule has 7 heteroatoms. The molecule has 134 valence electrons. The summed E-state index contributed by atoms with van der Waals surface area (Å²) in [5, 5.41) is 1.05. The molecule has 3 nitrogen and oxygen atoms in total. The second kappa shape index (κ2) is 7.09. The van der Waals surface area contributed by atoms with Crippen LogP contribution in [0.4, 0.5) is 17.6 Å². The molecule has 0 radical (unpaired) electrons. The maximum absolute atomic E-state index is 13.4. The number of halogens is 4. The van der Waals surface area contributed by atoms with Crippen molar-refractivity contribution in [1.29, 1.82) is 0 Å². The third kappa shape index (κ3) is 4.69.